The van der Waals surface area contributed by atoms with Crippen LogP contribution in [-0.2, 0) is 10.2 Å². The van der Waals surface area contributed by atoms with Crippen LogP contribution in [0, 0.1) is 0 Å². The Hall–Kier alpha value is -1.55. The van der Waals surface area contributed by atoms with Gasteiger partial charge in [-0.05, 0) is 38.5 Å². The normalized spacial score (nSPS) is 15.5. The Morgan fingerprint density at radius 2 is 1.90 bits per heavy atom. The molecule has 1 heterocycles. The summed E-state index contributed by atoms with van der Waals surface area (Å²) in [4.78, 5) is 21.5. The van der Waals surface area contributed by atoms with Gasteiger partial charge in [-0.2, -0.15) is 0 Å². The molecule has 8 heteroatoms. The number of ether oxygens (including phenoxy) is 1. The molecule has 0 unspecified atom stereocenters. The molecule has 0 radical (unpaired) electrons. The van der Waals surface area contributed by atoms with Crippen LogP contribution in [-0.4, -0.2) is 80.6 Å². The van der Waals surface area contributed by atoms with Crippen LogP contribution in [0.4, 0.5) is 0 Å². The minimum Gasteiger partial charge on any atom is -0.497 e. The second-order valence-electron chi connectivity index (χ2n) is 8.77. The molecule has 0 atom stereocenters. The molecule has 2 N–H and O–H groups in total. The summed E-state index contributed by atoms with van der Waals surface area (Å²) in [6.07, 6.45) is 0. The number of guanidine groups is 1. The monoisotopic (exact) mass is 545 g/mol. The summed E-state index contributed by atoms with van der Waals surface area (Å²) in [5, 5.41) is 6.40. The Bertz CT molecular complexity index is 716. The number of amides is 1. The molecule has 1 aliphatic rings. The van der Waals surface area contributed by atoms with E-state index in [9.17, 15) is 4.79 Å². The van der Waals surface area contributed by atoms with Gasteiger partial charge in [-0.15, -0.1) is 24.0 Å². The highest BCUT2D eigenvalue weighted by Crippen LogP contribution is 2.26. The van der Waals surface area contributed by atoms with E-state index in [4.69, 9.17) is 9.73 Å². The van der Waals surface area contributed by atoms with Crippen molar-refractivity contribution >= 4 is 35.8 Å². The topological polar surface area (TPSA) is 69.2 Å². The SMILES string of the molecule is CCNC(=NCC(C)(C)c1cccc(OC)c1)N1CCN(CC(=O)NC(C)C)CC1.I. The number of methoxy groups -OCH3 is 1. The van der Waals surface area contributed by atoms with Crippen LogP contribution >= 0.6 is 24.0 Å². The molecular weight excluding hydrogens is 505 g/mol. The molecule has 0 aliphatic carbocycles. The van der Waals surface area contributed by atoms with E-state index in [0.717, 1.165) is 44.4 Å². The van der Waals surface area contributed by atoms with Crippen LogP contribution in [0.3, 0.4) is 0 Å². The van der Waals surface area contributed by atoms with E-state index in [1.165, 1.54) is 5.56 Å². The zero-order chi connectivity index (χ0) is 22.1. The van der Waals surface area contributed by atoms with Gasteiger partial charge >= 0.3 is 0 Å². The highest BCUT2D eigenvalue weighted by Gasteiger charge is 2.24. The molecule has 176 valence electrons. The first kappa shape index (κ1) is 27.5. The number of rotatable bonds is 8. The van der Waals surface area contributed by atoms with Gasteiger partial charge in [-0.1, -0.05) is 26.0 Å². The fraction of sp³-hybridized carbons (Fsp3) is 0.652. The molecule has 31 heavy (non-hydrogen) atoms. The molecule has 1 fully saturated rings. The van der Waals surface area contributed by atoms with Gasteiger partial charge in [0.05, 0.1) is 20.2 Å². The van der Waals surface area contributed by atoms with Crippen molar-refractivity contribution in [3.05, 3.63) is 29.8 Å². The number of carbonyl (C=O) groups is 1. The van der Waals surface area contributed by atoms with E-state index < -0.39 is 0 Å². The molecule has 7 nitrogen and oxygen atoms in total. The van der Waals surface area contributed by atoms with Gasteiger partial charge < -0.3 is 20.3 Å². The molecule has 0 spiro atoms. The van der Waals surface area contributed by atoms with Crippen molar-refractivity contribution in [3.63, 3.8) is 0 Å². The number of piperazine rings is 1. The van der Waals surface area contributed by atoms with Crippen molar-refractivity contribution in [3.8, 4) is 5.75 Å². The van der Waals surface area contributed by atoms with Crippen LogP contribution in [0.1, 0.15) is 40.2 Å². The number of halogens is 1. The van der Waals surface area contributed by atoms with Crippen molar-refractivity contribution < 1.29 is 9.53 Å². The van der Waals surface area contributed by atoms with Gasteiger partial charge in [0.1, 0.15) is 5.75 Å². The molecule has 1 saturated heterocycles. The predicted molar refractivity (Wildman–Crippen MR) is 139 cm³/mol. The van der Waals surface area contributed by atoms with Crippen LogP contribution in [0.5, 0.6) is 5.75 Å². The fourth-order valence-corrected chi connectivity index (χ4v) is 3.52. The number of hydrogen-bond donors (Lipinski definition) is 2. The van der Waals surface area contributed by atoms with Crippen LogP contribution in [0.2, 0.25) is 0 Å². The maximum atomic E-state index is 12.0. The van der Waals surface area contributed by atoms with E-state index in [2.05, 4.69) is 53.3 Å². The summed E-state index contributed by atoms with van der Waals surface area (Å²) < 4.78 is 5.38. The molecule has 1 aliphatic heterocycles. The highest BCUT2D eigenvalue weighted by atomic mass is 127. The molecule has 1 aromatic rings. The average molecular weight is 546 g/mol. The third-order valence-corrected chi connectivity index (χ3v) is 5.30. The van der Waals surface area contributed by atoms with Gasteiger partial charge in [0.25, 0.3) is 0 Å². The zero-order valence-electron chi connectivity index (χ0n) is 19.9. The minimum atomic E-state index is -0.105. The summed E-state index contributed by atoms with van der Waals surface area (Å²) in [5.41, 5.74) is 1.11. The molecule has 1 amide bonds. The lowest BCUT2D eigenvalue weighted by atomic mass is 9.84. The minimum absolute atomic E-state index is 0. The molecule has 1 aromatic carbocycles. The lowest BCUT2D eigenvalue weighted by molar-refractivity contribution is -0.123. The van der Waals surface area contributed by atoms with Crippen molar-refractivity contribution in [1.82, 2.24) is 20.4 Å². The Morgan fingerprint density at radius 3 is 2.48 bits per heavy atom. The third-order valence-electron chi connectivity index (χ3n) is 5.30. The number of hydrogen-bond acceptors (Lipinski definition) is 4. The summed E-state index contributed by atoms with van der Waals surface area (Å²) in [7, 11) is 1.69. The van der Waals surface area contributed by atoms with E-state index in [1.807, 2.05) is 26.0 Å². The number of carbonyl (C=O) groups excluding carboxylic acids is 1. The molecule has 2 rings (SSSR count). The fourth-order valence-electron chi connectivity index (χ4n) is 3.52. The van der Waals surface area contributed by atoms with Crippen LogP contribution in [0.15, 0.2) is 29.3 Å². The van der Waals surface area contributed by atoms with E-state index in [0.29, 0.717) is 13.1 Å². The Balaban J connectivity index is 0.00000480. The van der Waals surface area contributed by atoms with E-state index >= 15 is 0 Å². The number of aliphatic imine (C=N–C) groups is 1. The first-order valence-electron chi connectivity index (χ1n) is 10.9. The Morgan fingerprint density at radius 1 is 1.23 bits per heavy atom. The van der Waals surface area contributed by atoms with Crippen LogP contribution < -0.4 is 15.4 Å². The van der Waals surface area contributed by atoms with Gasteiger partial charge in [-0.3, -0.25) is 14.7 Å². The molecular formula is C23H40IN5O2. The lowest BCUT2D eigenvalue weighted by Gasteiger charge is -2.36. The second-order valence-corrected chi connectivity index (χ2v) is 8.77. The van der Waals surface area contributed by atoms with E-state index in [-0.39, 0.29) is 41.3 Å². The number of nitrogens with one attached hydrogen (secondary N) is 2. The molecule has 0 aromatic heterocycles. The van der Waals surface area contributed by atoms with Crippen molar-refractivity contribution in [2.24, 2.45) is 4.99 Å². The largest absolute Gasteiger partial charge is 0.497 e. The third kappa shape index (κ3) is 8.84. The second kappa shape index (κ2) is 13.1. The standard InChI is InChI=1S/C23H39N5O2.HI/c1-7-24-22(25-17-23(4,5)19-9-8-10-20(15-19)30-6)28-13-11-27(12-14-28)16-21(29)26-18(2)3;/h8-10,15,18H,7,11-14,16-17H2,1-6H3,(H,24,25)(H,26,29);1H. The first-order valence-corrected chi connectivity index (χ1v) is 10.9. The maximum absolute atomic E-state index is 12.0. The Labute approximate surface area is 205 Å². The summed E-state index contributed by atoms with van der Waals surface area (Å²) in [6, 6.07) is 8.39. The van der Waals surface area contributed by atoms with Gasteiger partial charge in [0.15, 0.2) is 5.96 Å². The van der Waals surface area contributed by atoms with Crippen molar-refractivity contribution in [2.75, 3.05) is 52.9 Å². The van der Waals surface area contributed by atoms with Crippen molar-refractivity contribution in [2.45, 2.75) is 46.1 Å². The predicted octanol–water partition coefficient (Wildman–Crippen LogP) is 2.70. The van der Waals surface area contributed by atoms with Crippen LogP contribution in [0.25, 0.3) is 0 Å². The van der Waals surface area contributed by atoms with E-state index in [1.54, 1.807) is 7.11 Å². The van der Waals surface area contributed by atoms with Gasteiger partial charge in [0.2, 0.25) is 5.91 Å². The summed E-state index contributed by atoms with van der Waals surface area (Å²) in [5.74, 6) is 1.91. The highest BCUT2D eigenvalue weighted by molar-refractivity contribution is 14.0. The first-order chi connectivity index (χ1) is 14.2. The summed E-state index contributed by atoms with van der Waals surface area (Å²) in [6.45, 7) is 15.9. The van der Waals surface area contributed by atoms with Gasteiger partial charge in [0, 0.05) is 44.2 Å². The number of benzene rings is 1. The lowest BCUT2D eigenvalue weighted by Crippen LogP contribution is -2.54. The average Bonchev–Trinajstić information content (AvgIpc) is 2.71. The zero-order valence-corrected chi connectivity index (χ0v) is 22.2. The quantitative estimate of drug-likeness (QED) is 0.299. The van der Waals surface area contributed by atoms with Gasteiger partial charge in [-0.25, -0.2) is 0 Å². The Kier molecular flexibility index (Phi) is 11.6. The smallest absolute Gasteiger partial charge is 0.234 e. The summed E-state index contributed by atoms with van der Waals surface area (Å²) >= 11 is 0. The molecule has 0 saturated carbocycles. The number of nitrogens with zero attached hydrogens (tertiary/aromatic N) is 3. The molecule has 0 bridgehead atoms. The maximum Gasteiger partial charge on any atom is 0.234 e. The van der Waals surface area contributed by atoms with Crippen molar-refractivity contribution in [1.29, 1.82) is 0 Å².